The smallest absolute Gasteiger partial charge is 0.144 e. The fourth-order valence-electron chi connectivity index (χ4n) is 2.72. The fourth-order valence-corrected chi connectivity index (χ4v) is 2.72. The lowest BCUT2D eigenvalue weighted by molar-refractivity contribution is 0.303. The zero-order valence-corrected chi connectivity index (χ0v) is 12.4. The summed E-state index contributed by atoms with van der Waals surface area (Å²) in [7, 11) is 0. The van der Waals surface area contributed by atoms with Crippen LogP contribution in [0.1, 0.15) is 37.8 Å². The molecule has 4 nitrogen and oxygen atoms in total. The number of hydrogen-bond donors (Lipinski definition) is 3. The van der Waals surface area contributed by atoms with Crippen molar-refractivity contribution in [3.8, 4) is 0 Å². The van der Waals surface area contributed by atoms with Crippen molar-refractivity contribution in [1.29, 1.82) is 0 Å². The Morgan fingerprint density at radius 1 is 1.40 bits per heavy atom. The van der Waals surface area contributed by atoms with Gasteiger partial charge < -0.3 is 16.3 Å². The summed E-state index contributed by atoms with van der Waals surface area (Å²) in [5, 5.41) is 15.5. The van der Waals surface area contributed by atoms with E-state index < -0.39 is 0 Å². The van der Waals surface area contributed by atoms with E-state index in [9.17, 15) is 0 Å². The van der Waals surface area contributed by atoms with Crippen molar-refractivity contribution in [3.63, 3.8) is 0 Å². The molecule has 4 N–H and O–H groups in total. The number of fused-ring (bicyclic) bond motifs is 1. The predicted octanol–water partition coefficient (Wildman–Crippen LogP) is 2.30. The molecule has 0 aromatic heterocycles. The van der Waals surface area contributed by atoms with Crippen molar-refractivity contribution in [1.82, 2.24) is 5.32 Å². The molecule has 0 bridgehead atoms. The van der Waals surface area contributed by atoms with Gasteiger partial charge in [-0.2, -0.15) is 0 Å². The summed E-state index contributed by atoms with van der Waals surface area (Å²) >= 11 is 0. The lowest BCUT2D eigenvalue weighted by atomic mass is 9.86. The van der Waals surface area contributed by atoms with Crippen LogP contribution in [0.25, 0.3) is 0 Å². The van der Waals surface area contributed by atoms with Crippen molar-refractivity contribution < 1.29 is 5.21 Å². The van der Waals surface area contributed by atoms with Crippen LogP contribution in [0.4, 0.5) is 0 Å². The molecule has 1 aliphatic rings. The maximum absolute atomic E-state index is 8.77. The van der Waals surface area contributed by atoms with Crippen molar-refractivity contribution in [3.05, 3.63) is 35.4 Å². The highest BCUT2D eigenvalue weighted by Gasteiger charge is 2.24. The molecule has 0 amide bonds. The van der Waals surface area contributed by atoms with E-state index in [1.807, 2.05) is 13.8 Å². The number of nitrogens with one attached hydrogen (secondary N) is 1. The zero-order valence-electron chi connectivity index (χ0n) is 12.4. The summed E-state index contributed by atoms with van der Waals surface area (Å²) in [6.45, 7) is 4.88. The number of nitrogens with zero attached hydrogens (tertiary/aromatic N) is 1. The Morgan fingerprint density at radius 3 is 2.80 bits per heavy atom. The molecule has 1 unspecified atom stereocenters. The molecule has 0 saturated heterocycles. The number of aryl methyl sites for hydroxylation is 1. The summed E-state index contributed by atoms with van der Waals surface area (Å²) in [5.41, 5.74) is 8.39. The Hall–Kier alpha value is -1.55. The van der Waals surface area contributed by atoms with Crippen LogP contribution >= 0.6 is 0 Å². The minimum absolute atomic E-state index is 0.270. The highest BCUT2D eigenvalue weighted by atomic mass is 16.4. The van der Waals surface area contributed by atoms with Gasteiger partial charge in [-0.3, -0.25) is 0 Å². The summed E-state index contributed by atoms with van der Waals surface area (Å²) in [6, 6.07) is 9.22. The Bertz CT molecular complexity index is 482. The van der Waals surface area contributed by atoms with Gasteiger partial charge in [-0.1, -0.05) is 43.3 Å². The Labute approximate surface area is 121 Å². The number of amidine groups is 1. The molecule has 0 fully saturated rings. The van der Waals surface area contributed by atoms with Gasteiger partial charge in [-0.25, -0.2) is 0 Å². The first-order valence-corrected chi connectivity index (χ1v) is 7.31. The third kappa shape index (κ3) is 3.51. The van der Waals surface area contributed by atoms with E-state index in [0.29, 0.717) is 11.9 Å². The lowest BCUT2D eigenvalue weighted by Gasteiger charge is -2.28. The standard InChI is InChI=1S/C16H25N3O/c1-16(2,15(17)19-20)9-10-18-14-8-7-12-5-3-4-6-13(12)11-14/h3-6,14,18,20H,7-11H2,1-2H3,(H2,17,19). The molecular formula is C16H25N3O. The van der Waals surface area contributed by atoms with Gasteiger partial charge in [-0.05, 0) is 43.4 Å². The molecule has 110 valence electrons. The van der Waals surface area contributed by atoms with Crippen LogP contribution in [0.5, 0.6) is 0 Å². The van der Waals surface area contributed by atoms with Crippen LogP contribution in [0, 0.1) is 5.41 Å². The summed E-state index contributed by atoms with van der Waals surface area (Å²) in [5.74, 6) is 0.299. The largest absolute Gasteiger partial charge is 0.409 e. The molecule has 20 heavy (non-hydrogen) atoms. The minimum atomic E-state index is -0.270. The molecule has 1 aromatic rings. The van der Waals surface area contributed by atoms with E-state index in [-0.39, 0.29) is 5.41 Å². The SMILES string of the molecule is CC(C)(CCNC1CCc2ccccc2C1)C(N)=NO. The summed E-state index contributed by atoms with van der Waals surface area (Å²) in [4.78, 5) is 0. The zero-order chi connectivity index (χ0) is 14.6. The highest BCUT2D eigenvalue weighted by molar-refractivity contribution is 5.85. The second kappa shape index (κ2) is 6.27. The molecule has 2 rings (SSSR count). The third-order valence-corrected chi connectivity index (χ3v) is 4.33. The number of hydrogen-bond acceptors (Lipinski definition) is 3. The topological polar surface area (TPSA) is 70.6 Å². The first-order valence-electron chi connectivity index (χ1n) is 7.31. The van der Waals surface area contributed by atoms with Gasteiger partial charge in [-0.15, -0.1) is 0 Å². The van der Waals surface area contributed by atoms with Crippen LogP contribution in [-0.2, 0) is 12.8 Å². The average molecular weight is 275 g/mol. The van der Waals surface area contributed by atoms with E-state index in [1.54, 1.807) is 0 Å². The van der Waals surface area contributed by atoms with E-state index in [0.717, 1.165) is 25.8 Å². The number of benzene rings is 1. The molecule has 0 saturated carbocycles. The first-order chi connectivity index (χ1) is 9.53. The van der Waals surface area contributed by atoms with Crippen LogP contribution in [-0.4, -0.2) is 23.6 Å². The second-order valence-electron chi connectivity index (χ2n) is 6.28. The molecule has 1 aromatic carbocycles. The Kier molecular flexibility index (Phi) is 4.65. The van der Waals surface area contributed by atoms with Gasteiger partial charge in [0.05, 0.1) is 0 Å². The van der Waals surface area contributed by atoms with Crippen LogP contribution in [0.3, 0.4) is 0 Å². The fraction of sp³-hybridized carbons (Fsp3) is 0.562. The Balaban J connectivity index is 1.82. The van der Waals surface area contributed by atoms with E-state index in [2.05, 4.69) is 34.7 Å². The van der Waals surface area contributed by atoms with Crippen molar-refractivity contribution >= 4 is 5.84 Å². The van der Waals surface area contributed by atoms with Crippen LogP contribution in [0.15, 0.2) is 29.4 Å². The predicted molar refractivity (Wildman–Crippen MR) is 82.1 cm³/mol. The van der Waals surface area contributed by atoms with Crippen molar-refractivity contribution in [2.75, 3.05) is 6.54 Å². The number of nitrogens with two attached hydrogens (primary N) is 1. The van der Waals surface area contributed by atoms with Gasteiger partial charge >= 0.3 is 0 Å². The van der Waals surface area contributed by atoms with Crippen LogP contribution < -0.4 is 11.1 Å². The third-order valence-electron chi connectivity index (χ3n) is 4.33. The maximum Gasteiger partial charge on any atom is 0.144 e. The number of oxime groups is 1. The number of rotatable bonds is 5. The van der Waals surface area contributed by atoms with Crippen LogP contribution in [0.2, 0.25) is 0 Å². The van der Waals surface area contributed by atoms with Gasteiger partial charge in [0.15, 0.2) is 0 Å². The maximum atomic E-state index is 8.77. The molecule has 1 aliphatic carbocycles. The first kappa shape index (κ1) is 14.9. The molecular weight excluding hydrogens is 250 g/mol. The van der Waals surface area contributed by atoms with Crippen molar-refractivity contribution in [2.45, 2.75) is 45.6 Å². The summed E-state index contributed by atoms with van der Waals surface area (Å²) < 4.78 is 0. The van der Waals surface area contributed by atoms with E-state index in [4.69, 9.17) is 10.9 Å². The summed E-state index contributed by atoms with van der Waals surface area (Å²) in [6.07, 6.45) is 4.29. The van der Waals surface area contributed by atoms with Gasteiger partial charge in [0.25, 0.3) is 0 Å². The molecule has 0 radical (unpaired) electrons. The van der Waals surface area contributed by atoms with Gasteiger partial charge in [0.1, 0.15) is 5.84 Å². The highest BCUT2D eigenvalue weighted by Crippen LogP contribution is 2.22. The second-order valence-corrected chi connectivity index (χ2v) is 6.28. The molecule has 1 atom stereocenters. The molecule has 4 heteroatoms. The van der Waals surface area contributed by atoms with Gasteiger partial charge in [0.2, 0.25) is 0 Å². The average Bonchev–Trinajstić information content (AvgIpc) is 2.46. The van der Waals surface area contributed by atoms with E-state index >= 15 is 0 Å². The molecule has 0 heterocycles. The lowest BCUT2D eigenvalue weighted by Crippen LogP contribution is -2.39. The normalized spacial score (nSPS) is 19.7. The van der Waals surface area contributed by atoms with E-state index in [1.165, 1.54) is 17.5 Å². The monoisotopic (exact) mass is 275 g/mol. The quantitative estimate of drug-likeness (QED) is 0.334. The molecule has 0 aliphatic heterocycles. The molecule has 0 spiro atoms. The van der Waals surface area contributed by atoms with Gasteiger partial charge in [0, 0.05) is 11.5 Å². The Morgan fingerprint density at radius 2 is 2.10 bits per heavy atom. The van der Waals surface area contributed by atoms with Crippen molar-refractivity contribution in [2.24, 2.45) is 16.3 Å². The minimum Gasteiger partial charge on any atom is -0.409 e.